The van der Waals surface area contributed by atoms with Crippen LogP contribution in [0.25, 0.3) is 0 Å². The molecule has 30 heavy (non-hydrogen) atoms. The van der Waals surface area contributed by atoms with Gasteiger partial charge in [-0.3, -0.25) is 0 Å². The van der Waals surface area contributed by atoms with Gasteiger partial charge in [0.05, 0.1) is 5.75 Å². The Balaban J connectivity index is 3.27. The predicted molar refractivity (Wildman–Crippen MR) is 131 cm³/mol. The first-order valence-corrected chi connectivity index (χ1v) is 14.1. The highest BCUT2D eigenvalue weighted by molar-refractivity contribution is 7.89. The Bertz CT molecular complexity index is 435. The van der Waals surface area contributed by atoms with Gasteiger partial charge in [0, 0.05) is 6.54 Å². The Morgan fingerprint density at radius 2 is 1.03 bits per heavy atom. The maximum atomic E-state index is 12.0. The van der Waals surface area contributed by atoms with E-state index in [4.69, 9.17) is 5.73 Å². The number of nitrogens with one attached hydrogen (secondary N) is 4. The van der Waals surface area contributed by atoms with Gasteiger partial charge in [-0.15, -0.1) is 0 Å². The van der Waals surface area contributed by atoms with E-state index in [1.165, 1.54) is 38.5 Å². The summed E-state index contributed by atoms with van der Waals surface area (Å²) in [5.41, 5.74) is 5.45. The first-order valence-electron chi connectivity index (χ1n) is 12.4. The molecule has 0 rings (SSSR count). The van der Waals surface area contributed by atoms with E-state index in [-0.39, 0.29) is 5.75 Å². The van der Waals surface area contributed by atoms with Crippen molar-refractivity contribution in [3.8, 4) is 0 Å². The lowest BCUT2D eigenvalue weighted by molar-refractivity contribution is 0.548. The quantitative estimate of drug-likeness (QED) is 0.137. The fourth-order valence-corrected chi connectivity index (χ4v) is 4.39. The third-order valence-electron chi connectivity index (χ3n) is 5.09. The lowest BCUT2D eigenvalue weighted by atomic mass is 10.1. The highest BCUT2D eigenvalue weighted by Gasteiger charge is 2.08. The van der Waals surface area contributed by atoms with Crippen molar-refractivity contribution in [3.05, 3.63) is 0 Å². The Morgan fingerprint density at radius 3 is 1.60 bits per heavy atom. The molecule has 7 nitrogen and oxygen atoms in total. The molecule has 182 valence electrons. The van der Waals surface area contributed by atoms with Crippen LogP contribution in [-0.4, -0.2) is 66.5 Å². The van der Waals surface area contributed by atoms with Crippen LogP contribution in [0, 0.1) is 0 Å². The van der Waals surface area contributed by atoms with E-state index in [1.54, 1.807) is 0 Å². The van der Waals surface area contributed by atoms with Gasteiger partial charge in [-0.2, -0.15) is 0 Å². The summed E-state index contributed by atoms with van der Waals surface area (Å²) < 4.78 is 26.7. The minimum absolute atomic E-state index is 0.267. The van der Waals surface area contributed by atoms with Crippen molar-refractivity contribution in [2.45, 2.75) is 84.0 Å². The zero-order valence-electron chi connectivity index (χ0n) is 19.7. The van der Waals surface area contributed by atoms with E-state index < -0.39 is 10.0 Å². The second kappa shape index (κ2) is 23.4. The van der Waals surface area contributed by atoms with Gasteiger partial charge in [0.15, 0.2) is 0 Å². The number of unbranched alkanes of at least 4 members (excludes halogenated alkanes) is 7. The minimum Gasteiger partial charge on any atom is -0.330 e. The van der Waals surface area contributed by atoms with Crippen LogP contribution in [0.3, 0.4) is 0 Å². The highest BCUT2D eigenvalue weighted by atomic mass is 32.2. The smallest absolute Gasteiger partial charge is 0.211 e. The van der Waals surface area contributed by atoms with Gasteiger partial charge in [0.25, 0.3) is 0 Å². The molecule has 0 fully saturated rings. The fraction of sp³-hybridized carbons (Fsp3) is 1.00. The first kappa shape index (κ1) is 29.8. The molecule has 6 N–H and O–H groups in total. The summed E-state index contributed by atoms with van der Waals surface area (Å²) in [5, 5.41) is 10.2. The molecule has 0 aromatic rings. The largest absolute Gasteiger partial charge is 0.330 e. The lowest BCUT2D eigenvalue weighted by Gasteiger charge is -2.08. The van der Waals surface area contributed by atoms with Gasteiger partial charge in [-0.1, -0.05) is 45.4 Å². The van der Waals surface area contributed by atoms with Gasteiger partial charge in [0.2, 0.25) is 10.0 Å². The average molecular weight is 450 g/mol. The molecule has 0 spiro atoms. The van der Waals surface area contributed by atoms with Gasteiger partial charge in [-0.05, 0) is 84.3 Å². The predicted octanol–water partition coefficient (Wildman–Crippen LogP) is 2.33. The summed E-state index contributed by atoms with van der Waals surface area (Å²) in [4.78, 5) is 0. The second-order valence-corrected chi connectivity index (χ2v) is 10.1. The molecule has 0 saturated heterocycles. The molecule has 0 aliphatic carbocycles. The second-order valence-electron chi connectivity index (χ2n) is 8.14. The number of hydrogen-bond acceptors (Lipinski definition) is 6. The van der Waals surface area contributed by atoms with Crippen molar-refractivity contribution >= 4 is 10.0 Å². The molecule has 0 aromatic heterocycles. The van der Waals surface area contributed by atoms with E-state index in [0.29, 0.717) is 6.54 Å². The maximum Gasteiger partial charge on any atom is 0.211 e. The summed E-state index contributed by atoms with van der Waals surface area (Å²) in [6, 6.07) is 0. The topological polar surface area (TPSA) is 108 Å². The van der Waals surface area contributed by atoms with Crippen molar-refractivity contribution < 1.29 is 8.42 Å². The zero-order chi connectivity index (χ0) is 22.2. The van der Waals surface area contributed by atoms with Gasteiger partial charge < -0.3 is 21.7 Å². The molecular formula is C22H51N5O2S. The highest BCUT2D eigenvalue weighted by Crippen LogP contribution is 2.07. The van der Waals surface area contributed by atoms with E-state index >= 15 is 0 Å². The van der Waals surface area contributed by atoms with E-state index in [1.807, 2.05) is 0 Å². The Labute approximate surface area is 187 Å². The van der Waals surface area contributed by atoms with E-state index in [2.05, 4.69) is 27.6 Å². The monoisotopic (exact) mass is 449 g/mol. The molecule has 0 heterocycles. The lowest BCUT2D eigenvalue weighted by Crippen LogP contribution is -2.30. The van der Waals surface area contributed by atoms with E-state index in [0.717, 1.165) is 84.3 Å². The average Bonchev–Trinajstić information content (AvgIpc) is 2.72. The van der Waals surface area contributed by atoms with Crippen LogP contribution in [0.2, 0.25) is 0 Å². The summed E-state index contributed by atoms with van der Waals surface area (Å²) in [5.74, 6) is 0.267. The molecule has 0 bridgehead atoms. The summed E-state index contributed by atoms with van der Waals surface area (Å²) in [7, 11) is -3.10. The number of sulfonamides is 1. The van der Waals surface area contributed by atoms with Crippen LogP contribution in [0.5, 0.6) is 0 Å². The molecule has 0 atom stereocenters. The standard InChI is InChI=1S/C22H51N5O2S/c1-2-3-4-5-6-7-10-22-30(28,29)27-21-13-20-26-19-12-18-25-16-9-8-15-24-17-11-14-23/h24-27H,2-23H2,1H3. The molecule has 0 unspecified atom stereocenters. The normalized spacial score (nSPS) is 11.9. The van der Waals surface area contributed by atoms with Crippen LogP contribution in [-0.2, 0) is 10.0 Å². The van der Waals surface area contributed by atoms with E-state index in [9.17, 15) is 8.42 Å². The molecule has 8 heteroatoms. The molecule has 0 saturated carbocycles. The van der Waals surface area contributed by atoms with Gasteiger partial charge in [-0.25, -0.2) is 13.1 Å². The summed E-state index contributed by atoms with van der Waals surface area (Å²) in [6.45, 7) is 9.52. The van der Waals surface area contributed by atoms with Crippen molar-refractivity contribution in [1.29, 1.82) is 0 Å². The van der Waals surface area contributed by atoms with Crippen molar-refractivity contribution in [3.63, 3.8) is 0 Å². The van der Waals surface area contributed by atoms with Gasteiger partial charge >= 0.3 is 0 Å². The third kappa shape index (κ3) is 24.0. The fourth-order valence-electron chi connectivity index (χ4n) is 3.20. The van der Waals surface area contributed by atoms with Crippen LogP contribution in [0.1, 0.15) is 84.0 Å². The molecule has 0 aromatic carbocycles. The Hall–Kier alpha value is -0.250. The van der Waals surface area contributed by atoms with Crippen molar-refractivity contribution in [2.75, 3.05) is 58.1 Å². The Kier molecular flexibility index (Phi) is 23.2. The van der Waals surface area contributed by atoms with Crippen molar-refractivity contribution in [2.24, 2.45) is 5.73 Å². The zero-order valence-corrected chi connectivity index (χ0v) is 20.5. The first-order chi connectivity index (χ1) is 14.6. The van der Waals surface area contributed by atoms with Crippen LogP contribution in [0.4, 0.5) is 0 Å². The van der Waals surface area contributed by atoms with Gasteiger partial charge in [0.1, 0.15) is 0 Å². The number of hydrogen-bond donors (Lipinski definition) is 5. The summed E-state index contributed by atoms with van der Waals surface area (Å²) >= 11 is 0. The Morgan fingerprint density at radius 1 is 0.567 bits per heavy atom. The van der Waals surface area contributed by atoms with Crippen LogP contribution >= 0.6 is 0 Å². The summed E-state index contributed by atoms with van der Waals surface area (Å²) in [6.07, 6.45) is 13.4. The molecule has 0 aliphatic rings. The third-order valence-corrected chi connectivity index (χ3v) is 6.56. The maximum absolute atomic E-state index is 12.0. The molecule has 0 amide bonds. The molecule has 0 radical (unpaired) electrons. The van der Waals surface area contributed by atoms with Crippen LogP contribution < -0.4 is 26.4 Å². The minimum atomic E-state index is -3.10. The number of nitrogens with two attached hydrogens (primary N) is 1. The SMILES string of the molecule is CCCCCCCCCS(=O)(=O)NCCCNCCCNCCCCNCCCN. The van der Waals surface area contributed by atoms with Crippen molar-refractivity contribution in [1.82, 2.24) is 20.7 Å². The number of rotatable bonds is 25. The molecule has 0 aliphatic heterocycles. The van der Waals surface area contributed by atoms with Crippen LogP contribution in [0.15, 0.2) is 0 Å². The molecular weight excluding hydrogens is 398 g/mol.